The molecule has 3 heteroatoms. The summed E-state index contributed by atoms with van der Waals surface area (Å²) in [5, 5.41) is 9.22. The Morgan fingerprint density at radius 1 is 0.826 bits per heavy atom. The number of benzene rings is 3. The highest BCUT2D eigenvalue weighted by Crippen LogP contribution is 2.27. The van der Waals surface area contributed by atoms with Crippen LogP contribution in [0.4, 0.5) is 4.39 Å². The average molecular weight is 308 g/mol. The summed E-state index contributed by atoms with van der Waals surface area (Å²) in [5.41, 5.74) is 2.94. The molecule has 0 aromatic heterocycles. The number of hydrogen-bond donors (Lipinski definition) is 1. The molecule has 3 aromatic carbocycles. The van der Waals surface area contributed by atoms with E-state index < -0.39 is 0 Å². The zero-order valence-corrected chi connectivity index (χ0v) is 12.6. The first-order chi connectivity index (χ1) is 11.3. The minimum atomic E-state index is -0.317. The van der Waals surface area contributed by atoms with Gasteiger partial charge in [0.1, 0.15) is 18.2 Å². The maximum Gasteiger partial charge on any atom is 0.131 e. The third-order valence-electron chi connectivity index (χ3n) is 3.61. The highest BCUT2D eigenvalue weighted by molar-refractivity contribution is 5.66. The van der Waals surface area contributed by atoms with Crippen LogP contribution in [0.1, 0.15) is 11.1 Å². The quantitative estimate of drug-likeness (QED) is 0.748. The van der Waals surface area contributed by atoms with Crippen LogP contribution in [0.3, 0.4) is 0 Å². The van der Waals surface area contributed by atoms with Crippen LogP contribution in [0, 0.1) is 5.82 Å². The number of rotatable bonds is 5. The number of aliphatic hydroxyl groups excluding tert-OH is 1. The van der Waals surface area contributed by atoms with Crippen LogP contribution in [0.15, 0.2) is 72.8 Å². The van der Waals surface area contributed by atoms with Gasteiger partial charge >= 0.3 is 0 Å². The van der Waals surface area contributed by atoms with E-state index >= 15 is 0 Å². The van der Waals surface area contributed by atoms with Gasteiger partial charge in [0.15, 0.2) is 0 Å². The van der Waals surface area contributed by atoms with Crippen molar-refractivity contribution in [3.63, 3.8) is 0 Å². The van der Waals surface area contributed by atoms with Crippen molar-refractivity contribution in [2.75, 3.05) is 0 Å². The molecule has 3 aromatic rings. The summed E-state index contributed by atoms with van der Waals surface area (Å²) in [6.45, 7) is 0.348. The van der Waals surface area contributed by atoms with Gasteiger partial charge in [-0.1, -0.05) is 48.5 Å². The third kappa shape index (κ3) is 3.76. The van der Waals surface area contributed by atoms with Crippen molar-refractivity contribution in [3.8, 4) is 16.9 Å². The second-order valence-corrected chi connectivity index (χ2v) is 5.27. The zero-order valence-electron chi connectivity index (χ0n) is 12.6. The van der Waals surface area contributed by atoms with Gasteiger partial charge in [-0.15, -0.1) is 0 Å². The lowest BCUT2D eigenvalue weighted by molar-refractivity contribution is 0.282. The van der Waals surface area contributed by atoms with Crippen molar-refractivity contribution in [1.82, 2.24) is 0 Å². The van der Waals surface area contributed by atoms with Gasteiger partial charge in [0.2, 0.25) is 0 Å². The molecule has 0 saturated heterocycles. The summed E-state index contributed by atoms with van der Waals surface area (Å²) < 4.78 is 19.8. The Bertz CT molecular complexity index is 785. The first kappa shape index (κ1) is 15.3. The molecule has 0 aliphatic heterocycles. The second-order valence-electron chi connectivity index (χ2n) is 5.27. The van der Waals surface area contributed by atoms with Crippen molar-refractivity contribution in [2.45, 2.75) is 13.2 Å². The van der Waals surface area contributed by atoms with E-state index in [-0.39, 0.29) is 12.4 Å². The van der Waals surface area contributed by atoms with Gasteiger partial charge < -0.3 is 9.84 Å². The van der Waals surface area contributed by atoms with Crippen molar-refractivity contribution in [1.29, 1.82) is 0 Å². The summed E-state index contributed by atoms with van der Waals surface area (Å²) in [6, 6.07) is 21.8. The van der Waals surface area contributed by atoms with Crippen LogP contribution in [-0.2, 0) is 13.2 Å². The van der Waals surface area contributed by atoms with Crippen LogP contribution in [-0.4, -0.2) is 5.11 Å². The molecule has 0 heterocycles. The molecule has 0 spiro atoms. The van der Waals surface area contributed by atoms with Gasteiger partial charge in [-0.2, -0.15) is 0 Å². The van der Waals surface area contributed by atoms with E-state index in [4.69, 9.17) is 4.74 Å². The van der Waals surface area contributed by atoms with E-state index in [0.29, 0.717) is 23.5 Å². The molecule has 0 atom stereocenters. The van der Waals surface area contributed by atoms with Crippen molar-refractivity contribution in [2.24, 2.45) is 0 Å². The van der Waals surface area contributed by atoms with Crippen LogP contribution >= 0.6 is 0 Å². The van der Waals surface area contributed by atoms with Crippen LogP contribution in [0.2, 0.25) is 0 Å². The fourth-order valence-electron chi connectivity index (χ4n) is 2.39. The largest absolute Gasteiger partial charge is 0.489 e. The fourth-order valence-corrected chi connectivity index (χ4v) is 2.39. The summed E-state index contributed by atoms with van der Waals surface area (Å²) in [7, 11) is 0. The SMILES string of the molecule is OCc1ccc(F)c(-c2cccc(OCc3ccccc3)c2)c1. The molecule has 2 nitrogen and oxygen atoms in total. The smallest absolute Gasteiger partial charge is 0.131 e. The minimum absolute atomic E-state index is 0.114. The molecule has 3 rings (SSSR count). The molecule has 23 heavy (non-hydrogen) atoms. The van der Waals surface area contributed by atoms with E-state index in [1.807, 2.05) is 54.6 Å². The maximum absolute atomic E-state index is 14.1. The Hall–Kier alpha value is -2.65. The first-order valence-electron chi connectivity index (χ1n) is 7.43. The summed E-state index contributed by atoms with van der Waals surface area (Å²) in [4.78, 5) is 0. The van der Waals surface area contributed by atoms with Gasteiger partial charge in [-0.3, -0.25) is 0 Å². The summed E-state index contributed by atoms with van der Waals surface area (Å²) in [5.74, 6) is 0.363. The second kappa shape index (κ2) is 7.07. The van der Waals surface area contributed by atoms with E-state index in [0.717, 1.165) is 11.1 Å². The van der Waals surface area contributed by atoms with Gasteiger partial charge in [0.05, 0.1) is 6.61 Å². The summed E-state index contributed by atoms with van der Waals surface area (Å²) in [6.07, 6.45) is 0. The van der Waals surface area contributed by atoms with Crippen molar-refractivity contribution < 1.29 is 14.2 Å². The Labute approximate surface area is 134 Å². The highest BCUT2D eigenvalue weighted by Gasteiger charge is 2.07. The number of halogens is 1. The molecule has 0 amide bonds. The van der Waals surface area contributed by atoms with Gasteiger partial charge in [0.25, 0.3) is 0 Å². The molecule has 0 unspecified atom stereocenters. The molecule has 116 valence electrons. The molecule has 0 aliphatic rings. The van der Waals surface area contributed by atoms with Crippen LogP contribution in [0.25, 0.3) is 11.1 Å². The van der Waals surface area contributed by atoms with Crippen LogP contribution < -0.4 is 4.74 Å². The molecule has 0 radical (unpaired) electrons. The lowest BCUT2D eigenvalue weighted by Crippen LogP contribution is -1.95. The van der Waals surface area contributed by atoms with Crippen LogP contribution in [0.5, 0.6) is 5.75 Å². The number of ether oxygens (including phenoxy) is 1. The van der Waals surface area contributed by atoms with Crippen molar-refractivity contribution in [3.05, 3.63) is 89.7 Å². The molecule has 0 bridgehead atoms. The molecule has 0 fully saturated rings. The predicted molar refractivity (Wildman–Crippen MR) is 88.5 cm³/mol. The van der Waals surface area contributed by atoms with E-state index in [9.17, 15) is 9.50 Å². The lowest BCUT2D eigenvalue weighted by atomic mass is 10.0. The summed E-state index contributed by atoms with van der Waals surface area (Å²) >= 11 is 0. The van der Waals surface area contributed by atoms with Gasteiger partial charge in [-0.05, 0) is 41.0 Å². The highest BCUT2D eigenvalue weighted by atomic mass is 19.1. The Morgan fingerprint density at radius 3 is 2.43 bits per heavy atom. The molecule has 1 N–H and O–H groups in total. The molecular formula is C20H17FO2. The maximum atomic E-state index is 14.1. The molecule has 0 saturated carbocycles. The Morgan fingerprint density at radius 2 is 1.65 bits per heavy atom. The first-order valence-corrected chi connectivity index (χ1v) is 7.43. The average Bonchev–Trinajstić information content (AvgIpc) is 2.61. The standard InChI is InChI=1S/C20H17FO2/c21-20-10-9-16(13-22)11-19(20)17-7-4-8-18(12-17)23-14-15-5-2-1-3-6-15/h1-12,22H,13-14H2. The predicted octanol–water partition coefficient (Wildman–Crippen LogP) is 4.56. The fraction of sp³-hybridized carbons (Fsp3) is 0.100. The topological polar surface area (TPSA) is 29.5 Å². The van der Waals surface area contributed by atoms with E-state index in [2.05, 4.69) is 0 Å². The van der Waals surface area contributed by atoms with Gasteiger partial charge in [-0.25, -0.2) is 4.39 Å². The Balaban J connectivity index is 1.82. The van der Waals surface area contributed by atoms with Gasteiger partial charge in [0, 0.05) is 5.56 Å². The Kier molecular flexibility index (Phi) is 4.69. The van der Waals surface area contributed by atoms with E-state index in [1.54, 1.807) is 12.1 Å². The molecular weight excluding hydrogens is 291 g/mol. The molecule has 0 aliphatic carbocycles. The van der Waals surface area contributed by atoms with E-state index in [1.165, 1.54) is 6.07 Å². The number of hydrogen-bond acceptors (Lipinski definition) is 2. The number of aliphatic hydroxyl groups is 1. The monoisotopic (exact) mass is 308 g/mol. The zero-order chi connectivity index (χ0) is 16.1. The van der Waals surface area contributed by atoms with Crippen molar-refractivity contribution >= 4 is 0 Å². The third-order valence-corrected chi connectivity index (χ3v) is 3.61. The normalized spacial score (nSPS) is 10.5. The lowest BCUT2D eigenvalue weighted by Gasteiger charge is -2.10. The minimum Gasteiger partial charge on any atom is -0.489 e.